The molecule has 1 aromatic carbocycles. The summed E-state index contributed by atoms with van der Waals surface area (Å²) in [5, 5.41) is 1.86. The van der Waals surface area contributed by atoms with Crippen molar-refractivity contribution in [3.8, 4) is 0 Å². The van der Waals surface area contributed by atoms with Gasteiger partial charge in [0.25, 0.3) is 0 Å². The van der Waals surface area contributed by atoms with Gasteiger partial charge in [0.2, 0.25) is 0 Å². The van der Waals surface area contributed by atoms with Crippen LogP contribution in [0.2, 0.25) is 5.02 Å². The maximum atomic E-state index is 6.33. The van der Waals surface area contributed by atoms with Gasteiger partial charge in [-0.3, -0.25) is 4.98 Å². The van der Waals surface area contributed by atoms with Crippen molar-refractivity contribution in [3.05, 3.63) is 39.5 Å². The monoisotopic (exact) mass is 283 g/mol. The predicted octanol–water partition coefficient (Wildman–Crippen LogP) is 4.60. The maximum absolute atomic E-state index is 6.33. The molecule has 0 atom stereocenters. The van der Waals surface area contributed by atoms with E-state index in [2.05, 4.69) is 27.8 Å². The molecular formula is C12H11BrClN. The number of nitrogens with zero attached hydrogens (tertiary/aromatic N) is 1. The third-order valence-corrected chi connectivity index (χ3v) is 3.30. The third-order valence-electron chi connectivity index (χ3n) is 2.36. The lowest BCUT2D eigenvalue weighted by Crippen LogP contribution is -1.89. The molecular weight excluding hydrogens is 273 g/mol. The zero-order valence-electron chi connectivity index (χ0n) is 8.43. The molecule has 1 heterocycles. The summed E-state index contributed by atoms with van der Waals surface area (Å²) in [5.41, 5.74) is 2.08. The Labute approximate surface area is 103 Å². The van der Waals surface area contributed by atoms with Gasteiger partial charge in [0.1, 0.15) is 0 Å². The molecule has 0 amide bonds. The Bertz CT molecular complexity index is 496. The van der Waals surface area contributed by atoms with E-state index in [1.807, 2.05) is 24.4 Å². The topological polar surface area (TPSA) is 12.9 Å². The van der Waals surface area contributed by atoms with Gasteiger partial charge < -0.3 is 0 Å². The Kier molecular flexibility index (Phi) is 3.27. The molecule has 0 fully saturated rings. The molecule has 0 unspecified atom stereocenters. The van der Waals surface area contributed by atoms with Crippen LogP contribution in [-0.4, -0.2) is 4.98 Å². The molecule has 15 heavy (non-hydrogen) atoms. The summed E-state index contributed by atoms with van der Waals surface area (Å²) in [5.74, 6) is 0. The van der Waals surface area contributed by atoms with Crippen LogP contribution in [0.3, 0.4) is 0 Å². The van der Waals surface area contributed by atoms with Crippen molar-refractivity contribution in [1.29, 1.82) is 0 Å². The second-order valence-corrected chi connectivity index (χ2v) is 4.80. The highest BCUT2D eigenvalue weighted by Crippen LogP contribution is 2.28. The molecule has 1 aromatic heterocycles. The third kappa shape index (κ3) is 2.16. The second-order valence-electron chi connectivity index (χ2n) is 3.51. The molecule has 2 rings (SSSR count). The standard InChI is InChI=1S/C12H11BrClN/c1-2-3-8-7-15-11-5-4-9(13)6-10(11)12(8)14/h4-7H,2-3H2,1H3. The van der Waals surface area contributed by atoms with E-state index in [0.29, 0.717) is 0 Å². The van der Waals surface area contributed by atoms with Crippen molar-refractivity contribution in [2.75, 3.05) is 0 Å². The average molecular weight is 285 g/mol. The molecule has 0 saturated carbocycles. The molecule has 3 heteroatoms. The highest BCUT2D eigenvalue weighted by atomic mass is 79.9. The molecule has 0 aliphatic rings. The van der Waals surface area contributed by atoms with E-state index >= 15 is 0 Å². The number of rotatable bonds is 2. The lowest BCUT2D eigenvalue weighted by Gasteiger charge is -2.06. The highest BCUT2D eigenvalue weighted by Gasteiger charge is 2.06. The van der Waals surface area contributed by atoms with Gasteiger partial charge in [-0.1, -0.05) is 40.9 Å². The fraction of sp³-hybridized carbons (Fsp3) is 0.250. The van der Waals surface area contributed by atoms with Crippen LogP contribution >= 0.6 is 27.5 Å². The number of benzene rings is 1. The first-order valence-electron chi connectivity index (χ1n) is 4.95. The summed E-state index contributed by atoms with van der Waals surface area (Å²) >= 11 is 9.78. The van der Waals surface area contributed by atoms with Crippen molar-refractivity contribution < 1.29 is 0 Å². The summed E-state index contributed by atoms with van der Waals surface area (Å²) in [6.07, 6.45) is 3.94. The number of hydrogen-bond donors (Lipinski definition) is 0. The number of pyridine rings is 1. The Morgan fingerprint density at radius 3 is 2.93 bits per heavy atom. The molecule has 78 valence electrons. The fourth-order valence-electron chi connectivity index (χ4n) is 1.62. The van der Waals surface area contributed by atoms with E-state index in [-0.39, 0.29) is 0 Å². The molecule has 0 radical (unpaired) electrons. The number of fused-ring (bicyclic) bond motifs is 1. The van der Waals surface area contributed by atoms with E-state index < -0.39 is 0 Å². The summed E-state index contributed by atoms with van der Waals surface area (Å²) in [7, 11) is 0. The van der Waals surface area contributed by atoms with E-state index in [1.165, 1.54) is 0 Å². The summed E-state index contributed by atoms with van der Waals surface area (Å²) in [4.78, 5) is 4.40. The van der Waals surface area contributed by atoms with Gasteiger partial charge in [-0.15, -0.1) is 0 Å². The van der Waals surface area contributed by atoms with Crippen LogP contribution in [0.25, 0.3) is 10.9 Å². The van der Waals surface area contributed by atoms with Crippen molar-refractivity contribution in [1.82, 2.24) is 4.98 Å². The summed E-state index contributed by atoms with van der Waals surface area (Å²) in [6, 6.07) is 5.97. The van der Waals surface area contributed by atoms with Crippen LogP contribution in [0.15, 0.2) is 28.9 Å². The summed E-state index contributed by atoms with van der Waals surface area (Å²) in [6.45, 7) is 2.14. The molecule has 2 aromatic rings. The van der Waals surface area contributed by atoms with Crippen LogP contribution in [-0.2, 0) is 6.42 Å². The Morgan fingerprint density at radius 1 is 1.40 bits per heavy atom. The molecule has 0 spiro atoms. The SMILES string of the molecule is CCCc1cnc2ccc(Br)cc2c1Cl. The minimum Gasteiger partial charge on any atom is -0.256 e. The van der Waals surface area contributed by atoms with Gasteiger partial charge in [-0.25, -0.2) is 0 Å². The Morgan fingerprint density at radius 2 is 2.20 bits per heavy atom. The zero-order valence-corrected chi connectivity index (χ0v) is 10.8. The Balaban J connectivity index is 2.65. The number of aryl methyl sites for hydroxylation is 1. The zero-order chi connectivity index (χ0) is 10.8. The number of aromatic nitrogens is 1. The van der Waals surface area contributed by atoms with Crippen molar-refractivity contribution in [2.24, 2.45) is 0 Å². The van der Waals surface area contributed by atoms with Gasteiger partial charge >= 0.3 is 0 Å². The minimum absolute atomic E-state index is 0.836. The van der Waals surface area contributed by atoms with Gasteiger partial charge in [0, 0.05) is 16.1 Å². The minimum atomic E-state index is 0.836. The molecule has 0 bridgehead atoms. The average Bonchev–Trinajstić information content (AvgIpc) is 2.23. The molecule has 0 aliphatic heterocycles. The van der Waals surface area contributed by atoms with Crippen molar-refractivity contribution in [3.63, 3.8) is 0 Å². The first-order valence-corrected chi connectivity index (χ1v) is 6.12. The van der Waals surface area contributed by atoms with E-state index in [1.54, 1.807) is 0 Å². The first-order chi connectivity index (χ1) is 7.22. The van der Waals surface area contributed by atoms with Gasteiger partial charge in [0.05, 0.1) is 10.5 Å². The normalized spacial score (nSPS) is 10.9. The van der Waals surface area contributed by atoms with E-state index in [9.17, 15) is 0 Å². The van der Waals surface area contributed by atoms with E-state index in [4.69, 9.17) is 11.6 Å². The Hall–Kier alpha value is -0.600. The van der Waals surface area contributed by atoms with Crippen molar-refractivity contribution >= 4 is 38.4 Å². The van der Waals surface area contributed by atoms with Gasteiger partial charge in [-0.2, -0.15) is 0 Å². The number of hydrogen-bond acceptors (Lipinski definition) is 1. The van der Waals surface area contributed by atoms with Crippen LogP contribution in [0.4, 0.5) is 0 Å². The predicted molar refractivity (Wildman–Crippen MR) is 68.4 cm³/mol. The lowest BCUT2D eigenvalue weighted by molar-refractivity contribution is 0.917. The number of halogens is 2. The van der Waals surface area contributed by atoms with Crippen molar-refractivity contribution in [2.45, 2.75) is 19.8 Å². The molecule has 0 aliphatic carbocycles. The van der Waals surface area contributed by atoms with E-state index in [0.717, 1.165) is 38.8 Å². The summed E-state index contributed by atoms with van der Waals surface area (Å²) < 4.78 is 1.03. The second kappa shape index (κ2) is 4.50. The smallest absolute Gasteiger partial charge is 0.0717 e. The van der Waals surface area contributed by atoms with Crippen LogP contribution < -0.4 is 0 Å². The van der Waals surface area contributed by atoms with Crippen LogP contribution in [0.1, 0.15) is 18.9 Å². The molecule has 0 N–H and O–H groups in total. The maximum Gasteiger partial charge on any atom is 0.0717 e. The van der Waals surface area contributed by atoms with Crippen LogP contribution in [0.5, 0.6) is 0 Å². The van der Waals surface area contributed by atoms with Crippen LogP contribution in [0, 0.1) is 0 Å². The van der Waals surface area contributed by atoms with Gasteiger partial charge in [-0.05, 0) is 30.2 Å². The molecule has 1 nitrogen and oxygen atoms in total. The largest absolute Gasteiger partial charge is 0.256 e. The highest BCUT2D eigenvalue weighted by molar-refractivity contribution is 9.10. The fourth-order valence-corrected chi connectivity index (χ4v) is 2.27. The lowest BCUT2D eigenvalue weighted by atomic mass is 10.1. The first kappa shape index (κ1) is 10.9. The molecule has 0 saturated heterocycles. The quantitative estimate of drug-likeness (QED) is 0.785. The van der Waals surface area contributed by atoms with Gasteiger partial charge in [0.15, 0.2) is 0 Å².